The summed E-state index contributed by atoms with van der Waals surface area (Å²) < 4.78 is 0. The SMILES string of the molecule is O=C(CN1CCC(NC(=O)C2CCCCC2)CC1)NCc1ccc(C(=O)N2CCCC2)cc1. The molecule has 2 aliphatic heterocycles. The first-order valence-electron chi connectivity index (χ1n) is 12.8. The Balaban J connectivity index is 1.13. The first-order chi connectivity index (χ1) is 16.1. The second-order valence-electron chi connectivity index (χ2n) is 9.87. The maximum absolute atomic E-state index is 12.5. The van der Waals surface area contributed by atoms with Gasteiger partial charge in [-0.15, -0.1) is 0 Å². The lowest BCUT2D eigenvalue weighted by Gasteiger charge is -2.33. The quantitative estimate of drug-likeness (QED) is 0.664. The lowest BCUT2D eigenvalue weighted by atomic mass is 9.88. The molecule has 1 aliphatic carbocycles. The van der Waals surface area contributed by atoms with Gasteiger partial charge in [0.05, 0.1) is 6.54 Å². The maximum atomic E-state index is 12.5. The number of carbonyl (C=O) groups is 3. The summed E-state index contributed by atoms with van der Waals surface area (Å²) in [6.45, 7) is 4.20. The molecule has 4 rings (SSSR count). The predicted octanol–water partition coefficient (Wildman–Crippen LogP) is 2.70. The summed E-state index contributed by atoms with van der Waals surface area (Å²) in [6, 6.07) is 7.79. The Bertz CT molecular complexity index is 805. The first-order valence-corrected chi connectivity index (χ1v) is 12.8. The van der Waals surface area contributed by atoms with Crippen LogP contribution < -0.4 is 10.6 Å². The van der Waals surface area contributed by atoms with Crippen LogP contribution in [0.15, 0.2) is 24.3 Å². The minimum absolute atomic E-state index is 0.0110. The number of likely N-dealkylation sites (tertiary alicyclic amines) is 2. The van der Waals surface area contributed by atoms with Crippen LogP contribution in [0.3, 0.4) is 0 Å². The van der Waals surface area contributed by atoms with E-state index in [0.717, 1.165) is 70.3 Å². The number of nitrogens with one attached hydrogen (secondary N) is 2. The molecule has 2 saturated heterocycles. The molecule has 0 bridgehead atoms. The van der Waals surface area contributed by atoms with Crippen molar-refractivity contribution < 1.29 is 14.4 Å². The highest BCUT2D eigenvalue weighted by molar-refractivity contribution is 5.94. The summed E-state index contributed by atoms with van der Waals surface area (Å²) in [7, 11) is 0. The minimum Gasteiger partial charge on any atom is -0.353 e. The van der Waals surface area contributed by atoms with E-state index in [4.69, 9.17) is 0 Å². The molecule has 3 fully saturated rings. The van der Waals surface area contributed by atoms with Gasteiger partial charge in [0.25, 0.3) is 5.91 Å². The van der Waals surface area contributed by atoms with Gasteiger partial charge in [-0.25, -0.2) is 0 Å². The summed E-state index contributed by atoms with van der Waals surface area (Å²) in [4.78, 5) is 41.4. The van der Waals surface area contributed by atoms with Crippen LogP contribution in [0.5, 0.6) is 0 Å². The smallest absolute Gasteiger partial charge is 0.253 e. The highest BCUT2D eigenvalue weighted by Crippen LogP contribution is 2.24. The van der Waals surface area contributed by atoms with Crippen LogP contribution in [-0.2, 0) is 16.1 Å². The van der Waals surface area contributed by atoms with Gasteiger partial charge in [-0.3, -0.25) is 19.3 Å². The van der Waals surface area contributed by atoms with Crippen molar-refractivity contribution in [2.24, 2.45) is 5.92 Å². The predicted molar refractivity (Wildman–Crippen MR) is 128 cm³/mol. The number of hydrogen-bond donors (Lipinski definition) is 2. The van der Waals surface area contributed by atoms with Crippen LogP contribution in [0.4, 0.5) is 0 Å². The van der Waals surface area contributed by atoms with Crippen LogP contribution in [0.25, 0.3) is 0 Å². The van der Waals surface area contributed by atoms with Gasteiger partial charge >= 0.3 is 0 Å². The Kier molecular flexibility index (Phi) is 8.37. The molecule has 7 heteroatoms. The minimum atomic E-state index is 0.0110. The second kappa shape index (κ2) is 11.6. The Hall–Kier alpha value is -2.41. The molecule has 1 aromatic rings. The first kappa shape index (κ1) is 23.7. The number of nitrogens with zero attached hydrogens (tertiary/aromatic N) is 2. The van der Waals surface area contributed by atoms with Crippen molar-refractivity contribution >= 4 is 17.7 Å². The fourth-order valence-electron chi connectivity index (χ4n) is 5.25. The Labute approximate surface area is 197 Å². The van der Waals surface area contributed by atoms with Gasteiger partial charge in [-0.1, -0.05) is 31.4 Å². The second-order valence-corrected chi connectivity index (χ2v) is 9.87. The normalized spacial score (nSPS) is 20.5. The molecule has 7 nitrogen and oxygen atoms in total. The fourth-order valence-corrected chi connectivity index (χ4v) is 5.25. The van der Waals surface area contributed by atoms with Crippen molar-refractivity contribution in [1.82, 2.24) is 20.4 Å². The van der Waals surface area contributed by atoms with Gasteiger partial charge < -0.3 is 15.5 Å². The number of carbonyl (C=O) groups excluding carboxylic acids is 3. The van der Waals surface area contributed by atoms with E-state index in [-0.39, 0.29) is 29.7 Å². The molecule has 2 heterocycles. The topological polar surface area (TPSA) is 81.8 Å². The third-order valence-corrected chi connectivity index (χ3v) is 7.36. The van der Waals surface area contributed by atoms with Crippen molar-refractivity contribution in [1.29, 1.82) is 0 Å². The molecule has 0 spiro atoms. The molecule has 0 aromatic heterocycles. The molecule has 3 aliphatic rings. The summed E-state index contributed by atoms with van der Waals surface area (Å²) in [5.74, 6) is 0.548. The average Bonchev–Trinajstić information content (AvgIpc) is 3.39. The number of piperidine rings is 1. The summed E-state index contributed by atoms with van der Waals surface area (Å²) in [5, 5.41) is 6.24. The third-order valence-electron chi connectivity index (χ3n) is 7.36. The molecule has 1 aromatic carbocycles. The van der Waals surface area contributed by atoms with Gasteiger partial charge in [0, 0.05) is 50.2 Å². The zero-order valence-corrected chi connectivity index (χ0v) is 19.7. The van der Waals surface area contributed by atoms with E-state index in [9.17, 15) is 14.4 Å². The van der Waals surface area contributed by atoms with Gasteiger partial charge in [-0.05, 0) is 56.2 Å². The fraction of sp³-hybridized carbons (Fsp3) is 0.654. The van der Waals surface area contributed by atoms with Crippen LogP contribution in [0, 0.1) is 5.92 Å². The Morgan fingerprint density at radius 1 is 0.818 bits per heavy atom. The van der Waals surface area contributed by atoms with Crippen LogP contribution in [0.1, 0.15) is 73.7 Å². The maximum Gasteiger partial charge on any atom is 0.253 e. The number of hydrogen-bond acceptors (Lipinski definition) is 4. The number of benzene rings is 1. The molecule has 33 heavy (non-hydrogen) atoms. The van der Waals surface area contributed by atoms with Crippen LogP contribution >= 0.6 is 0 Å². The van der Waals surface area contributed by atoms with Crippen molar-refractivity contribution in [3.8, 4) is 0 Å². The molecular formula is C26H38N4O3. The van der Waals surface area contributed by atoms with Crippen molar-refractivity contribution in [3.63, 3.8) is 0 Å². The summed E-state index contributed by atoms with van der Waals surface area (Å²) in [5.41, 5.74) is 1.70. The summed E-state index contributed by atoms with van der Waals surface area (Å²) >= 11 is 0. The zero-order chi connectivity index (χ0) is 23.0. The van der Waals surface area contributed by atoms with Crippen molar-refractivity contribution in [2.45, 2.75) is 70.4 Å². The van der Waals surface area contributed by atoms with Crippen LogP contribution in [-0.4, -0.2) is 66.3 Å². The molecule has 1 saturated carbocycles. The van der Waals surface area contributed by atoms with Crippen LogP contribution in [0.2, 0.25) is 0 Å². The Morgan fingerprint density at radius 2 is 1.48 bits per heavy atom. The van der Waals surface area contributed by atoms with Gasteiger partial charge in [0.1, 0.15) is 0 Å². The van der Waals surface area contributed by atoms with E-state index >= 15 is 0 Å². The number of rotatable bonds is 7. The highest BCUT2D eigenvalue weighted by atomic mass is 16.2. The van der Waals surface area contributed by atoms with Gasteiger partial charge in [0.15, 0.2) is 0 Å². The molecular weight excluding hydrogens is 416 g/mol. The largest absolute Gasteiger partial charge is 0.353 e. The molecule has 180 valence electrons. The lowest BCUT2D eigenvalue weighted by molar-refractivity contribution is -0.127. The molecule has 3 amide bonds. The highest BCUT2D eigenvalue weighted by Gasteiger charge is 2.26. The van der Waals surface area contributed by atoms with E-state index in [0.29, 0.717) is 18.7 Å². The van der Waals surface area contributed by atoms with E-state index in [1.54, 1.807) is 0 Å². The molecule has 0 atom stereocenters. The van der Waals surface area contributed by atoms with Gasteiger partial charge in [0.2, 0.25) is 11.8 Å². The van der Waals surface area contributed by atoms with E-state index in [1.165, 1.54) is 19.3 Å². The zero-order valence-electron chi connectivity index (χ0n) is 19.7. The summed E-state index contributed by atoms with van der Waals surface area (Å²) in [6.07, 6.45) is 9.64. The molecule has 0 radical (unpaired) electrons. The van der Waals surface area contributed by atoms with E-state index in [1.807, 2.05) is 29.2 Å². The average molecular weight is 455 g/mol. The third kappa shape index (κ3) is 6.79. The monoisotopic (exact) mass is 454 g/mol. The van der Waals surface area contributed by atoms with Crippen molar-refractivity contribution in [3.05, 3.63) is 35.4 Å². The van der Waals surface area contributed by atoms with Crippen molar-refractivity contribution in [2.75, 3.05) is 32.7 Å². The number of amides is 3. The van der Waals surface area contributed by atoms with E-state index in [2.05, 4.69) is 15.5 Å². The van der Waals surface area contributed by atoms with E-state index < -0.39 is 0 Å². The molecule has 0 unspecified atom stereocenters. The standard InChI is InChI=1S/C26H38N4O3/c31-24(27-18-20-8-10-22(11-9-20)26(33)30-14-4-5-15-30)19-29-16-12-23(13-17-29)28-25(32)21-6-2-1-3-7-21/h8-11,21,23H,1-7,12-19H2,(H,27,31)(H,28,32). The van der Waals surface area contributed by atoms with Gasteiger partial charge in [-0.2, -0.15) is 0 Å². The lowest BCUT2D eigenvalue weighted by Crippen LogP contribution is -2.48. The molecule has 2 N–H and O–H groups in total. The Morgan fingerprint density at radius 3 is 2.15 bits per heavy atom.